The van der Waals surface area contributed by atoms with Crippen molar-refractivity contribution in [3.8, 4) is 17.1 Å². The number of hydrogen-bond acceptors (Lipinski definition) is 6. The minimum absolute atomic E-state index is 0.697. The van der Waals surface area contributed by atoms with Crippen LogP contribution < -0.4 is 4.74 Å². The molecule has 0 aromatic carbocycles. The number of rotatable bonds is 4. The molecule has 0 radical (unpaired) electrons. The smallest absolute Gasteiger partial charge is 0.217 e. The van der Waals surface area contributed by atoms with E-state index in [2.05, 4.69) is 25.9 Å². The number of ether oxygens (including phenoxy) is 1. The van der Waals surface area contributed by atoms with Crippen molar-refractivity contribution in [2.75, 3.05) is 20.2 Å². The first-order valence-electron chi connectivity index (χ1n) is 8.40. The van der Waals surface area contributed by atoms with Crippen LogP contribution in [0, 0.1) is 0 Å². The Morgan fingerprint density at radius 1 is 1.16 bits per heavy atom. The molecule has 0 amide bonds. The van der Waals surface area contributed by atoms with E-state index in [1.54, 1.807) is 32.2 Å². The minimum Gasteiger partial charge on any atom is -0.481 e. The highest BCUT2D eigenvalue weighted by Gasteiger charge is 2.20. The van der Waals surface area contributed by atoms with E-state index in [4.69, 9.17) is 9.15 Å². The first-order valence-corrected chi connectivity index (χ1v) is 8.40. The lowest BCUT2D eigenvalue weighted by atomic mass is 10.0. The van der Waals surface area contributed by atoms with Gasteiger partial charge in [0.2, 0.25) is 5.88 Å². The number of furan rings is 1. The zero-order chi connectivity index (χ0) is 17.1. The third-order valence-corrected chi connectivity index (χ3v) is 4.61. The SMILES string of the molecule is COc1ncccc1CN1CCc2ncnc(-c3ccoc3)c2CC1. The molecule has 4 heterocycles. The third-order valence-electron chi connectivity index (χ3n) is 4.61. The van der Waals surface area contributed by atoms with Crippen LogP contribution in [0.5, 0.6) is 5.88 Å². The van der Waals surface area contributed by atoms with E-state index in [1.165, 1.54) is 5.56 Å². The number of methoxy groups -OCH3 is 1. The van der Waals surface area contributed by atoms with Crippen molar-refractivity contribution in [3.05, 3.63) is 60.1 Å². The van der Waals surface area contributed by atoms with Gasteiger partial charge in [0, 0.05) is 54.6 Å². The molecule has 3 aromatic rings. The Bertz CT molecular complexity index is 848. The highest BCUT2D eigenvalue weighted by molar-refractivity contribution is 5.62. The number of fused-ring (bicyclic) bond motifs is 1. The van der Waals surface area contributed by atoms with E-state index >= 15 is 0 Å². The fraction of sp³-hybridized carbons (Fsp3) is 0.316. The van der Waals surface area contributed by atoms with E-state index in [1.807, 2.05) is 12.1 Å². The molecule has 0 spiro atoms. The van der Waals surface area contributed by atoms with Gasteiger partial charge in [-0.1, -0.05) is 6.07 Å². The standard InChI is InChI=1S/C19H20N4O2/c1-24-19-14(3-2-7-20-19)11-23-8-4-16-17(5-9-23)21-13-22-18(16)15-6-10-25-12-15/h2-3,6-7,10,12-13H,4-5,8-9,11H2,1H3. The van der Waals surface area contributed by atoms with Crippen LogP contribution in [0.1, 0.15) is 16.8 Å². The van der Waals surface area contributed by atoms with E-state index in [0.717, 1.165) is 55.0 Å². The van der Waals surface area contributed by atoms with E-state index < -0.39 is 0 Å². The normalized spacial score (nSPS) is 14.8. The van der Waals surface area contributed by atoms with Crippen LogP contribution in [-0.4, -0.2) is 40.1 Å². The molecule has 128 valence electrons. The van der Waals surface area contributed by atoms with E-state index in [-0.39, 0.29) is 0 Å². The fourth-order valence-corrected chi connectivity index (χ4v) is 3.35. The van der Waals surface area contributed by atoms with Crippen LogP contribution in [-0.2, 0) is 19.4 Å². The van der Waals surface area contributed by atoms with Crippen LogP contribution in [0.2, 0.25) is 0 Å². The average molecular weight is 336 g/mol. The summed E-state index contributed by atoms with van der Waals surface area (Å²) in [6, 6.07) is 5.97. The van der Waals surface area contributed by atoms with Gasteiger partial charge in [0.25, 0.3) is 0 Å². The molecule has 6 heteroatoms. The lowest BCUT2D eigenvalue weighted by Crippen LogP contribution is -2.26. The third kappa shape index (κ3) is 3.25. The summed E-state index contributed by atoms with van der Waals surface area (Å²) in [6.45, 7) is 2.72. The zero-order valence-electron chi connectivity index (χ0n) is 14.2. The van der Waals surface area contributed by atoms with Crippen LogP contribution >= 0.6 is 0 Å². The predicted octanol–water partition coefficient (Wildman–Crippen LogP) is 2.74. The highest BCUT2D eigenvalue weighted by atomic mass is 16.5. The first kappa shape index (κ1) is 15.8. The summed E-state index contributed by atoms with van der Waals surface area (Å²) in [7, 11) is 1.66. The van der Waals surface area contributed by atoms with Gasteiger partial charge in [-0.15, -0.1) is 0 Å². The van der Waals surface area contributed by atoms with Crippen molar-refractivity contribution in [3.63, 3.8) is 0 Å². The number of aromatic nitrogens is 3. The molecule has 0 saturated heterocycles. The Morgan fingerprint density at radius 2 is 2.08 bits per heavy atom. The van der Waals surface area contributed by atoms with Gasteiger partial charge in [-0.25, -0.2) is 15.0 Å². The highest BCUT2D eigenvalue weighted by Crippen LogP contribution is 2.27. The summed E-state index contributed by atoms with van der Waals surface area (Å²) in [5.41, 5.74) is 5.47. The van der Waals surface area contributed by atoms with Gasteiger partial charge < -0.3 is 9.15 Å². The summed E-state index contributed by atoms with van der Waals surface area (Å²) in [5.74, 6) is 0.697. The maximum atomic E-state index is 5.38. The Labute approximate surface area is 146 Å². The molecule has 25 heavy (non-hydrogen) atoms. The number of pyridine rings is 1. The second-order valence-corrected chi connectivity index (χ2v) is 6.11. The molecule has 1 aliphatic rings. The van der Waals surface area contributed by atoms with Crippen LogP contribution in [0.25, 0.3) is 11.3 Å². The quantitative estimate of drug-likeness (QED) is 0.730. The molecule has 0 unspecified atom stereocenters. The van der Waals surface area contributed by atoms with Crippen LogP contribution in [0.4, 0.5) is 0 Å². The fourth-order valence-electron chi connectivity index (χ4n) is 3.35. The molecule has 4 rings (SSSR count). The molecule has 0 atom stereocenters. The molecule has 0 aliphatic carbocycles. The Balaban J connectivity index is 1.55. The zero-order valence-corrected chi connectivity index (χ0v) is 14.2. The summed E-state index contributed by atoms with van der Waals surface area (Å²) < 4.78 is 10.6. The van der Waals surface area contributed by atoms with Crippen molar-refractivity contribution >= 4 is 0 Å². The number of hydrogen-bond donors (Lipinski definition) is 0. The topological polar surface area (TPSA) is 64.3 Å². The van der Waals surface area contributed by atoms with E-state index in [9.17, 15) is 0 Å². The van der Waals surface area contributed by atoms with Crippen molar-refractivity contribution in [1.82, 2.24) is 19.9 Å². The summed E-state index contributed by atoms with van der Waals surface area (Å²) >= 11 is 0. The average Bonchev–Trinajstić information content (AvgIpc) is 3.11. The molecular weight excluding hydrogens is 316 g/mol. The Hall–Kier alpha value is -2.73. The van der Waals surface area contributed by atoms with Gasteiger partial charge in [-0.3, -0.25) is 4.90 Å². The largest absolute Gasteiger partial charge is 0.481 e. The monoisotopic (exact) mass is 336 g/mol. The van der Waals surface area contributed by atoms with Gasteiger partial charge in [-0.05, 0) is 18.6 Å². The lowest BCUT2D eigenvalue weighted by Gasteiger charge is -2.20. The molecule has 0 N–H and O–H groups in total. The predicted molar refractivity (Wildman–Crippen MR) is 93.2 cm³/mol. The van der Waals surface area contributed by atoms with Gasteiger partial charge in [0.05, 0.1) is 25.3 Å². The van der Waals surface area contributed by atoms with Crippen molar-refractivity contribution in [2.24, 2.45) is 0 Å². The molecule has 3 aromatic heterocycles. The van der Waals surface area contributed by atoms with Gasteiger partial charge in [0.1, 0.15) is 6.33 Å². The molecule has 0 saturated carbocycles. The molecule has 0 bridgehead atoms. The van der Waals surface area contributed by atoms with Crippen molar-refractivity contribution in [1.29, 1.82) is 0 Å². The Kier molecular flexibility index (Phi) is 4.43. The van der Waals surface area contributed by atoms with E-state index in [0.29, 0.717) is 5.88 Å². The first-order chi connectivity index (χ1) is 12.3. The van der Waals surface area contributed by atoms with Crippen molar-refractivity contribution in [2.45, 2.75) is 19.4 Å². The van der Waals surface area contributed by atoms with Gasteiger partial charge in [0.15, 0.2) is 0 Å². The van der Waals surface area contributed by atoms with Crippen LogP contribution in [0.3, 0.4) is 0 Å². The maximum absolute atomic E-state index is 5.38. The summed E-state index contributed by atoms with van der Waals surface area (Å²) in [6.07, 6.45) is 8.66. The summed E-state index contributed by atoms with van der Waals surface area (Å²) in [5, 5.41) is 0. The second-order valence-electron chi connectivity index (χ2n) is 6.11. The minimum atomic E-state index is 0.697. The lowest BCUT2D eigenvalue weighted by molar-refractivity contribution is 0.272. The molecule has 6 nitrogen and oxygen atoms in total. The number of nitrogens with zero attached hydrogens (tertiary/aromatic N) is 4. The second kappa shape index (κ2) is 7.03. The molecule has 0 fully saturated rings. The Morgan fingerprint density at radius 3 is 2.92 bits per heavy atom. The van der Waals surface area contributed by atoms with Gasteiger partial charge in [-0.2, -0.15) is 0 Å². The molecule has 1 aliphatic heterocycles. The van der Waals surface area contributed by atoms with Crippen LogP contribution in [0.15, 0.2) is 47.7 Å². The van der Waals surface area contributed by atoms with Gasteiger partial charge >= 0.3 is 0 Å². The summed E-state index contributed by atoms with van der Waals surface area (Å²) in [4.78, 5) is 15.7. The molecular formula is C19H20N4O2. The maximum Gasteiger partial charge on any atom is 0.217 e. The van der Waals surface area contributed by atoms with Crippen molar-refractivity contribution < 1.29 is 9.15 Å².